The minimum atomic E-state index is -2.09. The second kappa shape index (κ2) is 27.1. The number of nitrogens with zero attached hydrogens (tertiary/aromatic N) is 2. The number of carboxylic acids is 1. The molecule has 1 aliphatic rings. The van der Waals surface area contributed by atoms with Gasteiger partial charge in [0.25, 0.3) is 11.4 Å². The number of nitro benzene ring substituents is 2. The van der Waals surface area contributed by atoms with E-state index in [0.29, 0.717) is 33.4 Å². The molecule has 1 saturated heterocycles. The molecule has 1 heterocycles. The molecular formula is C58H63N3O17Si. The van der Waals surface area contributed by atoms with Crippen LogP contribution in [0.25, 0.3) is 0 Å². The van der Waals surface area contributed by atoms with Crippen molar-refractivity contribution in [2.75, 3.05) is 0 Å². The van der Waals surface area contributed by atoms with E-state index >= 15 is 0 Å². The molecule has 1 amide bonds. The van der Waals surface area contributed by atoms with Gasteiger partial charge in [0, 0.05) is 47.4 Å². The summed E-state index contributed by atoms with van der Waals surface area (Å²) in [6, 6.07) is 24.1. The summed E-state index contributed by atoms with van der Waals surface area (Å²) in [6.45, 7) is 20.8. The highest BCUT2D eigenvalue weighted by Gasteiger charge is 2.48. The van der Waals surface area contributed by atoms with Crippen LogP contribution in [0, 0.1) is 46.9 Å². The Balaban J connectivity index is 0.000000291. The first kappa shape index (κ1) is 62.8. The summed E-state index contributed by atoms with van der Waals surface area (Å²) in [7, 11) is -2.09. The fourth-order valence-corrected chi connectivity index (χ4v) is 9.24. The van der Waals surface area contributed by atoms with Crippen molar-refractivity contribution < 1.29 is 72.0 Å². The number of amides is 1. The number of hydrogen-bond acceptors (Lipinski definition) is 16. The Labute approximate surface area is 457 Å². The summed E-state index contributed by atoms with van der Waals surface area (Å²) in [5.74, 6) is -4.92. The van der Waals surface area contributed by atoms with Crippen molar-refractivity contribution in [3.63, 3.8) is 0 Å². The van der Waals surface area contributed by atoms with Gasteiger partial charge >= 0.3 is 29.8 Å². The fraction of sp³-hybridized carbons (Fsp3) is 0.328. The smallest absolute Gasteiger partial charge is 0.345 e. The maximum absolute atomic E-state index is 13.1. The number of aliphatic carboxylic acids is 1. The molecule has 0 spiro atoms. The maximum atomic E-state index is 13.1. The fourth-order valence-electron chi connectivity index (χ4n) is 7.81. The van der Waals surface area contributed by atoms with E-state index in [9.17, 15) is 63.4 Å². The molecule has 416 valence electrons. The van der Waals surface area contributed by atoms with Gasteiger partial charge in [0.05, 0.1) is 58.3 Å². The number of ketones is 3. The standard InChI is InChI=1S/C29H36N2O8Si.C18H15NO6.C11H12O3/c1-17-14-21(24(32)16-23-26(27(34)30-23)18(2)39-40(6,7)29(3,4)5)9-8-20(17)15-25(33)38-28(35)19-10-12-22(13-11-19)31(36)37;1-11-9-15(12(2)20)4-3-14(11)10-17(21)25-18(22)13-5-7-16(8-6-13)19(23)24;1-7-5-10(8(2)12)4-3-9(7)6-11(13)14/h8-14,18,23,26H,15-16H2,1-7H3,(H,30,34);3-9H,10H2,1-2H3;3-5H,6H2,1-2H3,(H,13,14)/t18-,23-,26-;;/m1../s1. The third kappa shape index (κ3) is 17.9. The number of nitrogens with one attached hydrogen (secondary N) is 1. The lowest BCUT2D eigenvalue weighted by atomic mass is 9.82. The summed E-state index contributed by atoms with van der Waals surface area (Å²) >= 11 is 0. The van der Waals surface area contributed by atoms with Crippen LogP contribution in [0.4, 0.5) is 11.4 Å². The Morgan fingerprint density at radius 3 is 1.29 bits per heavy atom. The van der Waals surface area contributed by atoms with Gasteiger partial charge in [-0.25, -0.2) is 9.59 Å². The van der Waals surface area contributed by atoms with Gasteiger partial charge in [0.2, 0.25) is 5.91 Å². The predicted octanol–water partition coefficient (Wildman–Crippen LogP) is 9.78. The van der Waals surface area contributed by atoms with Crippen molar-refractivity contribution in [3.05, 3.63) is 185 Å². The number of rotatable bonds is 18. The van der Waals surface area contributed by atoms with E-state index in [0.717, 1.165) is 41.0 Å². The van der Waals surface area contributed by atoms with Crippen molar-refractivity contribution >= 4 is 72.8 Å². The van der Waals surface area contributed by atoms with E-state index in [4.69, 9.17) is 19.0 Å². The third-order valence-electron chi connectivity index (χ3n) is 13.5. The number of nitro groups is 2. The second-order valence-electron chi connectivity index (χ2n) is 20.4. The van der Waals surface area contributed by atoms with Crippen molar-refractivity contribution in [1.82, 2.24) is 5.32 Å². The molecule has 1 fully saturated rings. The Morgan fingerprint density at radius 1 is 0.608 bits per heavy atom. The van der Waals surface area contributed by atoms with E-state index in [1.54, 1.807) is 68.4 Å². The summed E-state index contributed by atoms with van der Waals surface area (Å²) in [5, 5.41) is 32.8. The van der Waals surface area contributed by atoms with Crippen molar-refractivity contribution in [3.8, 4) is 0 Å². The second-order valence-corrected chi connectivity index (χ2v) is 25.2. The number of benzene rings is 5. The van der Waals surface area contributed by atoms with Crippen molar-refractivity contribution in [2.24, 2.45) is 5.92 Å². The first-order valence-corrected chi connectivity index (χ1v) is 27.7. The number of carbonyl (C=O) groups excluding carboxylic acids is 8. The number of aryl methyl sites for hydroxylation is 3. The maximum Gasteiger partial charge on any atom is 0.345 e. The molecule has 0 bridgehead atoms. The normalized spacial score (nSPS) is 14.0. The number of ether oxygens (including phenoxy) is 2. The highest BCUT2D eigenvalue weighted by atomic mass is 28.4. The molecule has 5 aromatic carbocycles. The number of β-lactam (4-membered cyclic amide) rings is 1. The zero-order chi connectivity index (χ0) is 59.3. The molecule has 6 rings (SSSR count). The molecule has 5 aromatic rings. The quantitative estimate of drug-likeness (QED) is 0.0157. The number of hydrogen-bond donors (Lipinski definition) is 2. The van der Waals surface area contributed by atoms with Crippen molar-refractivity contribution in [1.29, 1.82) is 0 Å². The zero-order valence-electron chi connectivity index (χ0n) is 45.7. The van der Waals surface area contributed by atoms with Crippen LogP contribution in [0.3, 0.4) is 0 Å². The SMILES string of the molecule is CC(=O)c1ccc(CC(=O)O)c(C)c1.CC(=O)c1ccc(CC(=O)OC(=O)c2ccc([N+](=O)[O-])cc2)c(C)c1.Cc1cc(C(=O)C[C@H]2NC(=O)[C@@H]2[C@@H](C)O[Si](C)(C)C(C)(C)C)ccc1CC(=O)OC(=O)c1ccc([N+](=O)[O-])cc1. The van der Waals surface area contributed by atoms with Crippen LogP contribution >= 0.6 is 0 Å². The highest BCUT2D eigenvalue weighted by molar-refractivity contribution is 6.74. The summed E-state index contributed by atoms with van der Waals surface area (Å²) in [6.07, 6.45) is -0.489. The van der Waals surface area contributed by atoms with Crippen LogP contribution in [-0.4, -0.2) is 88.5 Å². The summed E-state index contributed by atoms with van der Waals surface area (Å²) in [4.78, 5) is 127. The van der Waals surface area contributed by atoms with Crippen molar-refractivity contribution in [2.45, 2.75) is 118 Å². The molecule has 0 aliphatic carbocycles. The lowest BCUT2D eigenvalue weighted by molar-refractivity contribution is -0.385. The van der Waals surface area contributed by atoms with Gasteiger partial charge in [0.1, 0.15) is 0 Å². The molecule has 79 heavy (non-hydrogen) atoms. The Kier molecular flexibility index (Phi) is 21.5. The lowest BCUT2D eigenvalue weighted by Gasteiger charge is -2.45. The third-order valence-corrected chi connectivity index (χ3v) is 18.0. The molecule has 0 unspecified atom stereocenters. The molecule has 0 saturated carbocycles. The van der Waals surface area contributed by atoms with Gasteiger partial charge < -0.3 is 24.3 Å². The van der Waals surface area contributed by atoms with Gasteiger partial charge in [-0.3, -0.25) is 53.8 Å². The van der Waals surface area contributed by atoms with Crippen LogP contribution in [0.2, 0.25) is 18.1 Å². The zero-order valence-corrected chi connectivity index (χ0v) is 46.7. The van der Waals surface area contributed by atoms with Gasteiger partial charge in [-0.1, -0.05) is 57.2 Å². The molecule has 20 nitrogen and oxygen atoms in total. The first-order valence-electron chi connectivity index (χ1n) is 24.8. The number of non-ortho nitro benzene ring substituents is 2. The molecule has 1 aliphatic heterocycles. The molecular weight excluding hydrogens is 1040 g/mol. The van der Waals surface area contributed by atoms with Crippen LogP contribution in [-0.2, 0) is 52.3 Å². The van der Waals surface area contributed by atoms with Gasteiger partial charge in [-0.2, -0.15) is 0 Å². The first-order chi connectivity index (χ1) is 36.8. The van der Waals surface area contributed by atoms with E-state index in [1.807, 2.05) is 13.8 Å². The summed E-state index contributed by atoms with van der Waals surface area (Å²) in [5.41, 5.74) is 5.58. The predicted molar refractivity (Wildman–Crippen MR) is 291 cm³/mol. The van der Waals surface area contributed by atoms with Crippen LogP contribution < -0.4 is 5.32 Å². The van der Waals surface area contributed by atoms with E-state index in [2.05, 4.69) is 39.2 Å². The van der Waals surface area contributed by atoms with Crippen LogP contribution in [0.1, 0.15) is 133 Å². The number of carboxylic acid groups (broad SMARTS) is 1. The highest BCUT2D eigenvalue weighted by Crippen LogP contribution is 2.39. The minimum absolute atomic E-state index is 0.00347. The average molecular weight is 1100 g/mol. The van der Waals surface area contributed by atoms with Crippen LogP contribution in [0.5, 0.6) is 0 Å². The lowest BCUT2D eigenvalue weighted by Crippen LogP contribution is -2.64. The molecule has 2 N–H and O–H groups in total. The van der Waals surface area contributed by atoms with Gasteiger partial charge in [0.15, 0.2) is 25.7 Å². The number of carbonyl (C=O) groups is 9. The molecule has 0 radical (unpaired) electrons. The summed E-state index contributed by atoms with van der Waals surface area (Å²) < 4.78 is 16.1. The van der Waals surface area contributed by atoms with E-state index < -0.39 is 53.9 Å². The number of esters is 4. The Bertz CT molecular complexity index is 3200. The van der Waals surface area contributed by atoms with Gasteiger partial charge in [-0.05, 0) is 136 Å². The monoisotopic (exact) mass is 1100 g/mol. The molecule has 21 heteroatoms. The van der Waals surface area contributed by atoms with Crippen LogP contribution in [0.15, 0.2) is 103 Å². The largest absolute Gasteiger partial charge is 0.481 e. The Morgan fingerprint density at radius 2 is 0.962 bits per heavy atom. The van der Waals surface area contributed by atoms with E-state index in [-0.39, 0.29) is 88.6 Å². The Hall–Kier alpha value is -8.69. The van der Waals surface area contributed by atoms with Gasteiger partial charge in [-0.15, -0.1) is 0 Å². The minimum Gasteiger partial charge on any atom is -0.481 e. The van der Waals surface area contributed by atoms with E-state index in [1.165, 1.54) is 38.1 Å². The molecule has 3 atom stereocenters. The average Bonchev–Trinajstić information content (AvgIpc) is 3.37. The number of Topliss-reactive ketones (excluding diaryl/α,β-unsaturated/α-hetero) is 3. The topological polar surface area (TPSA) is 300 Å². The molecule has 0 aromatic heterocycles.